The normalized spacial score (nSPS) is 13.2. The van der Waals surface area contributed by atoms with Gasteiger partial charge in [0.25, 0.3) is 0 Å². The summed E-state index contributed by atoms with van der Waals surface area (Å²) in [7, 11) is 0. The molecule has 0 radical (unpaired) electrons. The van der Waals surface area contributed by atoms with E-state index in [1.807, 2.05) is 19.1 Å². The molecule has 0 amide bonds. The van der Waals surface area contributed by atoms with Crippen LogP contribution in [0.1, 0.15) is 34.4 Å². The van der Waals surface area contributed by atoms with E-state index >= 15 is 0 Å². The molecule has 0 aliphatic carbocycles. The lowest BCUT2D eigenvalue weighted by Gasteiger charge is -2.22. The van der Waals surface area contributed by atoms with E-state index in [2.05, 4.69) is 16.0 Å². The molecule has 3 aromatic rings. The molecule has 0 unspecified atom stereocenters. The summed E-state index contributed by atoms with van der Waals surface area (Å²) in [6.45, 7) is 1.19. The molecule has 1 heterocycles. The predicted molar refractivity (Wildman–Crippen MR) is 113 cm³/mol. The number of aromatic nitrogens is 1. The molecular formula is C23H19ClFN3O. The van der Waals surface area contributed by atoms with Crippen molar-refractivity contribution >= 4 is 17.8 Å². The summed E-state index contributed by atoms with van der Waals surface area (Å²) < 4.78 is 12.8. The molecule has 6 heteroatoms. The van der Waals surface area contributed by atoms with Gasteiger partial charge in [-0.1, -0.05) is 29.8 Å². The minimum Gasteiger partial charge on any atom is -0.386 e. The van der Waals surface area contributed by atoms with Crippen LogP contribution in [0.15, 0.2) is 65.8 Å². The van der Waals surface area contributed by atoms with E-state index in [9.17, 15) is 9.50 Å². The second-order valence-corrected chi connectivity index (χ2v) is 7.00. The van der Waals surface area contributed by atoms with Crippen LogP contribution < -0.4 is 0 Å². The standard InChI is InChI=1S/C23H19ClFN3O/c1-15-11-18(13-19(24)12-15)21-20(3-2-9-27-21)23(29)22(28-10-8-25)17-6-4-16(14-26)5-7-17/h2-7,9-13,22-23,29H,8H2,1H3/b28-10-/t22-,23+/m0/s1. The lowest BCUT2D eigenvalue weighted by molar-refractivity contribution is 0.148. The maximum atomic E-state index is 12.8. The first-order valence-electron chi connectivity index (χ1n) is 9.01. The minimum absolute atomic E-state index is 0.493. The largest absolute Gasteiger partial charge is 0.386 e. The molecule has 3 rings (SSSR count). The van der Waals surface area contributed by atoms with Crippen LogP contribution in [0.2, 0.25) is 5.02 Å². The number of hydrogen-bond acceptors (Lipinski definition) is 4. The third kappa shape index (κ3) is 4.86. The summed E-state index contributed by atoms with van der Waals surface area (Å²) in [6.07, 6.45) is 1.70. The zero-order chi connectivity index (χ0) is 20.8. The number of nitrogens with zero attached hydrogens (tertiary/aromatic N) is 3. The Morgan fingerprint density at radius 1 is 1.24 bits per heavy atom. The average Bonchev–Trinajstić information content (AvgIpc) is 2.73. The van der Waals surface area contributed by atoms with Gasteiger partial charge in [-0.2, -0.15) is 5.26 Å². The van der Waals surface area contributed by atoms with Gasteiger partial charge < -0.3 is 5.11 Å². The van der Waals surface area contributed by atoms with Crippen molar-refractivity contribution in [3.05, 3.63) is 88.1 Å². The monoisotopic (exact) mass is 407 g/mol. The number of alkyl halides is 1. The number of hydrogen-bond donors (Lipinski definition) is 1. The maximum Gasteiger partial charge on any atom is 0.124 e. The van der Waals surface area contributed by atoms with E-state index < -0.39 is 18.8 Å². The molecular weight excluding hydrogens is 389 g/mol. The summed E-state index contributed by atoms with van der Waals surface area (Å²) in [5.41, 5.74) is 4.04. The van der Waals surface area contributed by atoms with Crippen LogP contribution in [0.5, 0.6) is 0 Å². The zero-order valence-corrected chi connectivity index (χ0v) is 16.5. The molecule has 0 saturated heterocycles. The molecule has 0 aliphatic rings. The number of aryl methyl sites for hydroxylation is 1. The molecule has 0 bridgehead atoms. The number of benzene rings is 2. The Hall–Kier alpha value is -3.07. The predicted octanol–water partition coefficient (Wildman–Crippen LogP) is 5.40. The van der Waals surface area contributed by atoms with Gasteiger partial charge in [0.2, 0.25) is 0 Å². The second-order valence-electron chi connectivity index (χ2n) is 6.57. The Bertz CT molecular complexity index is 1040. The molecule has 4 nitrogen and oxygen atoms in total. The summed E-state index contributed by atoms with van der Waals surface area (Å²) in [6, 6.07) is 17.1. The number of rotatable bonds is 6. The number of aliphatic imine (C=N–C) groups is 1. The fraction of sp³-hybridized carbons (Fsp3) is 0.174. The molecule has 2 atom stereocenters. The maximum absolute atomic E-state index is 12.8. The summed E-state index contributed by atoms with van der Waals surface area (Å²) in [4.78, 5) is 8.68. The smallest absolute Gasteiger partial charge is 0.124 e. The molecule has 0 aliphatic heterocycles. The first-order chi connectivity index (χ1) is 14.0. The van der Waals surface area contributed by atoms with Crippen LogP contribution >= 0.6 is 11.6 Å². The fourth-order valence-electron chi connectivity index (χ4n) is 3.20. The van der Waals surface area contributed by atoms with Crippen LogP contribution in [0.3, 0.4) is 0 Å². The number of aliphatic hydroxyl groups is 1. The van der Waals surface area contributed by atoms with E-state index in [0.29, 0.717) is 27.4 Å². The third-order valence-electron chi connectivity index (χ3n) is 4.49. The van der Waals surface area contributed by atoms with E-state index in [0.717, 1.165) is 17.3 Å². The molecule has 1 N–H and O–H groups in total. The average molecular weight is 408 g/mol. The van der Waals surface area contributed by atoms with Gasteiger partial charge in [-0.15, -0.1) is 0 Å². The zero-order valence-electron chi connectivity index (χ0n) is 15.8. The van der Waals surface area contributed by atoms with Crippen molar-refractivity contribution in [3.63, 3.8) is 0 Å². The molecule has 146 valence electrons. The highest BCUT2D eigenvalue weighted by Crippen LogP contribution is 2.37. The van der Waals surface area contributed by atoms with Crippen molar-refractivity contribution in [2.24, 2.45) is 4.99 Å². The van der Waals surface area contributed by atoms with E-state index in [-0.39, 0.29) is 0 Å². The fourth-order valence-corrected chi connectivity index (χ4v) is 3.49. The third-order valence-corrected chi connectivity index (χ3v) is 4.71. The van der Waals surface area contributed by atoms with Crippen LogP contribution in [0.25, 0.3) is 11.3 Å². The van der Waals surface area contributed by atoms with Gasteiger partial charge in [0, 0.05) is 28.6 Å². The summed E-state index contributed by atoms with van der Waals surface area (Å²) in [5, 5.41) is 20.8. The van der Waals surface area contributed by atoms with Crippen LogP contribution in [-0.4, -0.2) is 23.0 Å². The van der Waals surface area contributed by atoms with Crippen molar-refractivity contribution in [2.75, 3.05) is 6.67 Å². The first-order valence-corrected chi connectivity index (χ1v) is 9.39. The SMILES string of the molecule is Cc1cc(Cl)cc(-c2ncccc2[C@@H](O)[C@@H](/N=C\CF)c2ccc(C#N)cc2)c1. The van der Waals surface area contributed by atoms with E-state index in [1.54, 1.807) is 48.7 Å². The quantitative estimate of drug-likeness (QED) is 0.556. The molecule has 0 fully saturated rings. The number of halogens is 2. The Kier molecular flexibility index (Phi) is 6.71. The van der Waals surface area contributed by atoms with Gasteiger partial charge in [-0.25, -0.2) is 4.39 Å². The number of nitriles is 1. The van der Waals surface area contributed by atoms with E-state index in [1.165, 1.54) is 0 Å². The molecule has 29 heavy (non-hydrogen) atoms. The van der Waals surface area contributed by atoms with Gasteiger partial charge in [0.05, 0.1) is 17.3 Å². The second kappa shape index (κ2) is 9.42. The van der Waals surface area contributed by atoms with Crippen molar-refractivity contribution in [3.8, 4) is 17.3 Å². The van der Waals surface area contributed by atoms with Crippen molar-refractivity contribution in [1.82, 2.24) is 4.98 Å². The summed E-state index contributed by atoms with van der Waals surface area (Å²) in [5.74, 6) is 0. The Morgan fingerprint density at radius 2 is 2.00 bits per heavy atom. The van der Waals surface area contributed by atoms with Gasteiger partial charge >= 0.3 is 0 Å². The van der Waals surface area contributed by atoms with Crippen molar-refractivity contribution < 1.29 is 9.50 Å². The van der Waals surface area contributed by atoms with Crippen LogP contribution in [0, 0.1) is 18.3 Å². The van der Waals surface area contributed by atoms with E-state index in [4.69, 9.17) is 16.9 Å². The highest BCUT2D eigenvalue weighted by atomic mass is 35.5. The van der Waals surface area contributed by atoms with Crippen LogP contribution in [-0.2, 0) is 0 Å². The lowest BCUT2D eigenvalue weighted by atomic mass is 9.92. The molecule has 0 spiro atoms. The Morgan fingerprint density at radius 3 is 2.66 bits per heavy atom. The van der Waals surface area contributed by atoms with Gasteiger partial charge in [0.15, 0.2) is 0 Å². The number of aliphatic hydroxyl groups excluding tert-OH is 1. The Balaban J connectivity index is 2.07. The Labute approximate surface area is 174 Å². The van der Waals surface area contributed by atoms with Gasteiger partial charge in [-0.3, -0.25) is 9.98 Å². The lowest BCUT2D eigenvalue weighted by Crippen LogP contribution is -2.12. The van der Waals surface area contributed by atoms with Crippen molar-refractivity contribution in [2.45, 2.75) is 19.1 Å². The minimum atomic E-state index is -1.08. The van der Waals surface area contributed by atoms with Gasteiger partial charge in [0.1, 0.15) is 18.8 Å². The first kappa shape index (κ1) is 20.7. The molecule has 1 aromatic heterocycles. The molecule has 0 saturated carbocycles. The number of pyridine rings is 1. The van der Waals surface area contributed by atoms with Gasteiger partial charge in [-0.05, 0) is 54.4 Å². The van der Waals surface area contributed by atoms with Crippen LogP contribution in [0.4, 0.5) is 4.39 Å². The topological polar surface area (TPSA) is 69.3 Å². The molecule has 2 aromatic carbocycles. The highest BCUT2D eigenvalue weighted by molar-refractivity contribution is 6.30. The summed E-state index contributed by atoms with van der Waals surface area (Å²) >= 11 is 6.21. The highest BCUT2D eigenvalue weighted by Gasteiger charge is 2.25. The van der Waals surface area contributed by atoms with Crippen molar-refractivity contribution in [1.29, 1.82) is 5.26 Å².